The molecule has 3 nitrogen and oxygen atoms in total. The SMILES string of the molecule is CC(CNC1CCCCC1)N1CCC(CN(C)C)CC1. The summed E-state index contributed by atoms with van der Waals surface area (Å²) < 4.78 is 0. The van der Waals surface area contributed by atoms with Gasteiger partial charge in [-0.2, -0.15) is 0 Å². The summed E-state index contributed by atoms with van der Waals surface area (Å²) in [5.74, 6) is 0.916. The highest BCUT2D eigenvalue weighted by Gasteiger charge is 2.23. The first kappa shape index (κ1) is 16.3. The fourth-order valence-electron chi connectivity index (χ4n) is 3.87. The number of nitrogens with one attached hydrogen (secondary N) is 1. The molecule has 2 rings (SSSR count). The minimum atomic E-state index is 0.706. The molecule has 0 radical (unpaired) electrons. The van der Waals surface area contributed by atoms with Gasteiger partial charge in [0.1, 0.15) is 0 Å². The van der Waals surface area contributed by atoms with Gasteiger partial charge in [-0.1, -0.05) is 19.3 Å². The molecule has 118 valence electrons. The van der Waals surface area contributed by atoms with Crippen molar-refractivity contribution in [3.63, 3.8) is 0 Å². The third-order valence-corrected chi connectivity index (χ3v) is 5.20. The van der Waals surface area contributed by atoms with E-state index in [1.54, 1.807) is 0 Å². The molecule has 2 fully saturated rings. The Morgan fingerprint density at radius 2 is 1.70 bits per heavy atom. The van der Waals surface area contributed by atoms with Gasteiger partial charge in [0.05, 0.1) is 0 Å². The summed E-state index contributed by atoms with van der Waals surface area (Å²) >= 11 is 0. The first-order chi connectivity index (χ1) is 9.65. The van der Waals surface area contributed by atoms with Gasteiger partial charge in [0.15, 0.2) is 0 Å². The van der Waals surface area contributed by atoms with Crippen LogP contribution in [0.25, 0.3) is 0 Å². The topological polar surface area (TPSA) is 18.5 Å². The number of piperidine rings is 1. The van der Waals surface area contributed by atoms with Crippen LogP contribution in [0.2, 0.25) is 0 Å². The number of hydrogen-bond acceptors (Lipinski definition) is 3. The van der Waals surface area contributed by atoms with E-state index in [9.17, 15) is 0 Å². The van der Waals surface area contributed by atoms with E-state index in [2.05, 4.69) is 36.1 Å². The minimum absolute atomic E-state index is 0.706. The largest absolute Gasteiger partial charge is 0.312 e. The second-order valence-electron chi connectivity index (χ2n) is 7.33. The first-order valence-corrected chi connectivity index (χ1v) is 8.77. The van der Waals surface area contributed by atoms with Crippen molar-refractivity contribution in [3.05, 3.63) is 0 Å². The highest BCUT2D eigenvalue weighted by atomic mass is 15.2. The summed E-state index contributed by atoms with van der Waals surface area (Å²) in [7, 11) is 4.40. The zero-order valence-corrected chi connectivity index (χ0v) is 13.9. The zero-order chi connectivity index (χ0) is 14.4. The van der Waals surface area contributed by atoms with E-state index in [4.69, 9.17) is 0 Å². The molecule has 1 aliphatic heterocycles. The monoisotopic (exact) mass is 281 g/mol. The van der Waals surface area contributed by atoms with E-state index in [0.29, 0.717) is 6.04 Å². The van der Waals surface area contributed by atoms with E-state index in [0.717, 1.165) is 12.0 Å². The molecule has 0 aromatic heterocycles. The van der Waals surface area contributed by atoms with Gasteiger partial charge >= 0.3 is 0 Å². The van der Waals surface area contributed by atoms with Gasteiger partial charge in [0.25, 0.3) is 0 Å². The molecular weight excluding hydrogens is 246 g/mol. The number of nitrogens with zero attached hydrogens (tertiary/aromatic N) is 2. The van der Waals surface area contributed by atoms with Crippen molar-refractivity contribution in [3.8, 4) is 0 Å². The number of likely N-dealkylation sites (tertiary alicyclic amines) is 1. The molecule has 0 aromatic carbocycles. The fraction of sp³-hybridized carbons (Fsp3) is 1.00. The highest BCUT2D eigenvalue weighted by Crippen LogP contribution is 2.20. The van der Waals surface area contributed by atoms with Crippen LogP contribution >= 0.6 is 0 Å². The van der Waals surface area contributed by atoms with Crippen molar-refractivity contribution < 1.29 is 0 Å². The van der Waals surface area contributed by atoms with Crippen LogP contribution in [0.5, 0.6) is 0 Å². The van der Waals surface area contributed by atoms with Gasteiger partial charge in [-0.05, 0) is 65.7 Å². The molecule has 0 spiro atoms. The van der Waals surface area contributed by atoms with Crippen LogP contribution in [0.4, 0.5) is 0 Å². The van der Waals surface area contributed by atoms with Gasteiger partial charge in [-0.3, -0.25) is 4.90 Å². The van der Waals surface area contributed by atoms with E-state index in [1.807, 2.05) is 0 Å². The summed E-state index contributed by atoms with van der Waals surface area (Å²) in [6.07, 6.45) is 9.88. The van der Waals surface area contributed by atoms with E-state index in [-0.39, 0.29) is 0 Å². The Kier molecular flexibility index (Phi) is 6.79. The van der Waals surface area contributed by atoms with Gasteiger partial charge in [-0.15, -0.1) is 0 Å². The molecule has 20 heavy (non-hydrogen) atoms. The van der Waals surface area contributed by atoms with Crippen molar-refractivity contribution >= 4 is 0 Å². The van der Waals surface area contributed by atoms with Crippen LogP contribution in [-0.2, 0) is 0 Å². The van der Waals surface area contributed by atoms with E-state index < -0.39 is 0 Å². The van der Waals surface area contributed by atoms with Crippen LogP contribution in [-0.4, -0.2) is 62.2 Å². The van der Waals surface area contributed by atoms with Crippen LogP contribution in [0.15, 0.2) is 0 Å². The summed E-state index contributed by atoms with van der Waals surface area (Å²) in [5, 5.41) is 3.81. The maximum atomic E-state index is 3.81. The molecule has 1 saturated carbocycles. The lowest BCUT2D eigenvalue weighted by Gasteiger charge is -2.37. The molecule has 3 heteroatoms. The lowest BCUT2D eigenvalue weighted by Crippen LogP contribution is -2.47. The smallest absolute Gasteiger partial charge is 0.0192 e. The van der Waals surface area contributed by atoms with Crippen molar-refractivity contribution in [1.82, 2.24) is 15.1 Å². The Labute approximate surface area is 126 Å². The molecule has 1 saturated heterocycles. The second-order valence-corrected chi connectivity index (χ2v) is 7.33. The third kappa shape index (κ3) is 5.34. The fourth-order valence-corrected chi connectivity index (χ4v) is 3.87. The number of rotatable bonds is 6. The Balaban J connectivity index is 1.62. The molecule has 0 bridgehead atoms. The zero-order valence-electron chi connectivity index (χ0n) is 13.9. The quantitative estimate of drug-likeness (QED) is 0.807. The Bertz CT molecular complexity index is 253. The minimum Gasteiger partial charge on any atom is -0.312 e. The average Bonchev–Trinajstić information content (AvgIpc) is 2.46. The molecule has 2 aliphatic rings. The van der Waals surface area contributed by atoms with Gasteiger partial charge in [0, 0.05) is 25.2 Å². The molecule has 0 amide bonds. The third-order valence-electron chi connectivity index (χ3n) is 5.20. The molecule has 1 N–H and O–H groups in total. The Morgan fingerprint density at radius 3 is 2.30 bits per heavy atom. The summed E-state index contributed by atoms with van der Waals surface area (Å²) in [4.78, 5) is 5.04. The van der Waals surface area contributed by atoms with Crippen molar-refractivity contribution in [2.24, 2.45) is 5.92 Å². The van der Waals surface area contributed by atoms with Crippen LogP contribution < -0.4 is 5.32 Å². The molecular formula is C17H35N3. The Morgan fingerprint density at radius 1 is 1.05 bits per heavy atom. The molecule has 0 aromatic rings. The van der Waals surface area contributed by atoms with E-state index in [1.165, 1.54) is 71.1 Å². The van der Waals surface area contributed by atoms with Gasteiger partial charge in [0.2, 0.25) is 0 Å². The van der Waals surface area contributed by atoms with Crippen molar-refractivity contribution in [1.29, 1.82) is 0 Å². The van der Waals surface area contributed by atoms with E-state index >= 15 is 0 Å². The standard InChI is InChI=1S/C17H35N3/c1-15(13-18-17-7-5-4-6-8-17)20-11-9-16(10-12-20)14-19(2)3/h15-18H,4-14H2,1-3H3. The van der Waals surface area contributed by atoms with Crippen molar-refractivity contribution in [2.75, 3.05) is 40.3 Å². The maximum absolute atomic E-state index is 3.81. The lowest BCUT2D eigenvalue weighted by molar-refractivity contribution is 0.123. The lowest BCUT2D eigenvalue weighted by atomic mass is 9.94. The van der Waals surface area contributed by atoms with Crippen LogP contribution in [0, 0.1) is 5.92 Å². The maximum Gasteiger partial charge on any atom is 0.0192 e. The van der Waals surface area contributed by atoms with Crippen molar-refractivity contribution in [2.45, 2.75) is 64.0 Å². The summed E-state index contributed by atoms with van der Waals surface area (Å²) in [6.45, 7) is 7.45. The number of hydrogen-bond donors (Lipinski definition) is 1. The second kappa shape index (κ2) is 8.35. The highest BCUT2D eigenvalue weighted by molar-refractivity contribution is 4.80. The molecule has 1 atom stereocenters. The average molecular weight is 281 g/mol. The first-order valence-electron chi connectivity index (χ1n) is 8.77. The van der Waals surface area contributed by atoms with Crippen LogP contribution in [0.1, 0.15) is 51.9 Å². The summed E-state index contributed by atoms with van der Waals surface area (Å²) in [6, 6.07) is 1.51. The van der Waals surface area contributed by atoms with Gasteiger partial charge in [-0.25, -0.2) is 0 Å². The Hall–Kier alpha value is -0.120. The van der Waals surface area contributed by atoms with Gasteiger partial charge < -0.3 is 10.2 Å². The molecule has 1 aliphatic carbocycles. The predicted molar refractivity (Wildman–Crippen MR) is 87.2 cm³/mol. The molecule has 1 heterocycles. The summed E-state index contributed by atoms with van der Waals surface area (Å²) in [5.41, 5.74) is 0. The predicted octanol–water partition coefficient (Wildman–Crippen LogP) is 2.57. The van der Waals surface area contributed by atoms with Crippen LogP contribution in [0.3, 0.4) is 0 Å². The molecule has 1 unspecified atom stereocenters. The normalized spacial score (nSPS) is 25.2.